The molecular weight excluding hydrogens is 190 g/mol. The van der Waals surface area contributed by atoms with E-state index in [4.69, 9.17) is 0 Å². The molecule has 0 heterocycles. The Hall–Kier alpha value is -0.570. The fraction of sp³-hybridized carbons (Fsp3) is 0.917. The van der Waals surface area contributed by atoms with E-state index in [2.05, 4.69) is 17.0 Å². The third kappa shape index (κ3) is 4.65. The zero-order valence-electron chi connectivity index (χ0n) is 9.92. The van der Waals surface area contributed by atoms with Crippen molar-refractivity contribution in [3.8, 4) is 0 Å². The van der Waals surface area contributed by atoms with Gasteiger partial charge in [0, 0.05) is 12.5 Å². The second-order valence-electron chi connectivity index (χ2n) is 4.47. The number of hydrogen-bond acceptors (Lipinski definition) is 3. The smallest absolute Gasteiger partial charge is 0.305 e. The third-order valence-electron chi connectivity index (χ3n) is 3.36. The Morgan fingerprint density at radius 2 is 2.13 bits per heavy atom. The quantitative estimate of drug-likeness (QED) is 0.542. The van der Waals surface area contributed by atoms with Crippen LogP contribution in [0.25, 0.3) is 0 Å². The van der Waals surface area contributed by atoms with E-state index in [0.717, 1.165) is 18.9 Å². The van der Waals surface area contributed by atoms with Gasteiger partial charge in [-0.15, -0.1) is 0 Å². The number of hydrogen-bond donors (Lipinski definition) is 1. The van der Waals surface area contributed by atoms with Crippen LogP contribution in [-0.4, -0.2) is 25.7 Å². The van der Waals surface area contributed by atoms with E-state index in [0.29, 0.717) is 12.5 Å². The Morgan fingerprint density at radius 3 is 2.73 bits per heavy atom. The zero-order valence-corrected chi connectivity index (χ0v) is 9.92. The van der Waals surface area contributed by atoms with Gasteiger partial charge in [0.2, 0.25) is 0 Å². The van der Waals surface area contributed by atoms with E-state index in [1.54, 1.807) is 0 Å². The molecule has 0 aliphatic heterocycles. The van der Waals surface area contributed by atoms with Crippen LogP contribution in [0.15, 0.2) is 0 Å². The molecule has 1 fully saturated rings. The van der Waals surface area contributed by atoms with Crippen LogP contribution in [0.1, 0.15) is 45.4 Å². The number of methoxy groups -OCH3 is 1. The van der Waals surface area contributed by atoms with Gasteiger partial charge >= 0.3 is 5.97 Å². The normalized spacial score (nSPS) is 19.1. The summed E-state index contributed by atoms with van der Waals surface area (Å²) < 4.78 is 4.59. The van der Waals surface area contributed by atoms with Crippen LogP contribution in [0.4, 0.5) is 0 Å². The molecule has 0 spiro atoms. The van der Waals surface area contributed by atoms with Crippen LogP contribution in [0, 0.1) is 5.92 Å². The molecule has 0 aromatic heterocycles. The SMILES string of the molecule is COC(=O)CCCN[C@H](C)C1CCCC1. The van der Waals surface area contributed by atoms with Crippen LogP contribution in [0.5, 0.6) is 0 Å². The number of rotatable bonds is 6. The van der Waals surface area contributed by atoms with Gasteiger partial charge in [0.1, 0.15) is 0 Å². The van der Waals surface area contributed by atoms with Crippen LogP contribution in [0.3, 0.4) is 0 Å². The lowest BCUT2D eigenvalue weighted by Crippen LogP contribution is -2.33. The first-order valence-electron chi connectivity index (χ1n) is 6.04. The molecule has 3 heteroatoms. The highest BCUT2D eigenvalue weighted by Gasteiger charge is 2.20. The Kier molecular flexibility index (Phi) is 5.69. The van der Waals surface area contributed by atoms with Crippen molar-refractivity contribution in [1.82, 2.24) is 5.32 Å². The van der Waals surface area contributed by atoms with Crippen molar-refractivity contribution >= 4 is 5.97 Å². The van der Waals surface area contributed by atoms with Gasteiger partial charge in [-0.3, -0.25) is 4.79 Å². The Morgan fingerprint density at radius 1 is 1.47 bits per heavy atom. The van der Waals surface area contributed by atoms with Gasteiger partial charge < -0.3 is 10.1 Å². The Bertz CT molecular complexity index is 188. The first-order valence-corrected chi connectivity index (χ1v) is 6.04. The average molecular weight is 213 g/mol. The van der Waals surface area contributed by atoms with Crippen molar-refractivity contribution < 1.29 is 9.53 Å². The van der Waals surface area contributed by atoms with Gasteiger partial charge in [-0.25, -0.2) is 0 Å². The molecule has 1 aliphatic rings. The molecule has 1 saturated carbocycles. The molecule has 88 valence electrons. The number of ether oxygens (including phenoxy) is 1. The van der Waals surface area contributed by atoms with Crippen LogP contribution in [0.2, 0.25) is 0 Å². The summed E-state index contributed by atoms with van der Waals surface area (Å²) in [5.74, 6) is 0.744. The molecule has 0 saturated heterocycles. The maximum absolute atomic E-state index is 10.9. The van der Waals surface area contributed by atoms with E-state index < -0.39 is 0 Å². The fourth-order valence-corrected chi connectivity index (χ4v) is 2.29. The zero-order chi connectivity index (χ0) is 11.1. The van der Waals surface area contributed by atoms with Crippen molar-refractivity contribution in [1.29, 1.82) is 0 Å². The molecule has 0 aromatic carbocycles. The number of esters is 1. The molecule has 0 radical (unpaired) electrons. The molecular formula is C12H23NO2. The lowest BCUT2D eigenvalue weighted by Gasteiger charge is -2.20. The molecule has 3 nitrogen and oxygen atoms in total. The van der Waals surface area contributed by atoms with Crippen molar-refractivity contribution in [2.75, 3.05) is 13.7 Å². The summed E-state index contributed by atoms with van der Waals surface area (Å²) in [6, 6.07) is 0.602. The summed E-state index contributed by atoms with van der Waals surface area (Å²) in [7, 11) is 1.44. The molecule has 1 aliphatic carbocycles. The largest absolute Gasteiger partial charge is 0.469 e. The van der Waals surface area contributed by atoms with E-state index in [-0.39, 0.29) is 5.97 Å². The molecule has 15 heavy (non-hydrogen) atoms. The summed E-state index contributed by atoms with van der Waals surface area (Å²) >= 11 is 0. The number of carbonyl (C=O) groups excluding carboxylic acids is 1. The lowest BCUT2D eigenvalue weighted by atomic mass is 10.00. The summed E-state index contributed by atoms with van der Waals surface area (Å²) in [6.07, 6.45) is 6.92. The molecule has 0 amide bonds. The van der Waals surface area contributed by atoms with Gasteiger partial charge in [0.05, 0.1) is 7.11 Å². The molecule has 0 bridgehead atoms. The molecule has 0 aromatic rings. The first-order chi connectivity index (χ1) is 7.24. The topological polar surface area (TPSA) is 38.3 Å². The predicted molar refractivity (Wildman–Crippen MR) is 60.7 cm³/mol. The monoisotopic (exact) mass is 213 g/mol. The maximum Gasteiger partial charge on any atom is 0.305 e. The number of carbonyl (C=O) groups is 1. The molecule has 1 rings (SSSR count). The van der Waals surface area contributed by atoms with Crippen LogP contribution < -0.4 is 5.32 Å². The Balaban J connectivity index is 2.01. The molecule has 0 unspecified atom stereocenters. The van der Waals surface area contributed by atoms with Crippen LogP contribution in [-0.2, 0) is 9.53 Å². The van der Waals surface area contributed by atoms with Gasteiger partial charge in [0.25, 0.3) is 0 Å². The summed E-state index contributed by atoms with van der Waals surface area (Å²) in [5, 5.41) is 3.50. The van der Waals surface area contributed by atoms with Gasteiger partial charge in [-0.1, -0.05) is 12.8 Å². The molecule has 1 N–H and O–H groups in total. The van der Waals surface area contributed by atoms with Crippen molar-refractivity contribution in [2.45, 2.75) is 51.5 Å². The lowest BCUT2D eigenvalue weighted by molar-refractivity contribution is -0.140. The van der Waals surface area contributed by atoms with Gasteiger partial charge in [0.15, 0.2) is 0 Å². The second kappa shape index (κ2) is 6.83. The average Bonchev–Trinajstić information content (AvgIpc) is 2.77. The third-order valence-corrected chi connectivity index (χ3v) is 3.36. The van der Waals surface area contributed by atoms with Gasteiger partial charge in [-0.05, 0) is 38.6 Å². The minimum Gasteiger partial charge on any atom is -0.469 e. The highest BCUT2D eigenvalue weighted by Crippen LogP contribution is 2.27. The Labute approximate surface area is 92.6 Å². The predicted octanol–water partition coefficient (Wildman–Crippen LogP) is 2.11. The molecule has 1 atom stereocenters. The number of nitrogens with one attached hydrogen (secondary N) is 1. The summed E-state index contributed by atoms with van der Waals surface area (Å²) in [4.78, 5) is 10.9. The van der Waals surface area contributed by atoms with E-state index >= 15 is 0 Å². The van der Waals surface area contributed by atoms with E-state index in [9.17, 15) is 4.79 Å². The maximum atomic E-state index is 10.9. The van der Waals surface area contributed by atoms with Crippen molar-refractivity contribution in [3.63, 3.8) is 0 Å². The fourth-order valence-electron chi connectivity index (χ4n) is 2.29. The second-order valence-corrected chi connectivity index (χ2v) is 4.47. The minimum absolute atomic E-state index is 0.106. The highest BCUT2D eigenvalue weighted by atomic mass is 16.5. The van der Waals surface area contributed by atoms with Crippen molar-refractivity contribution in [2.24, 2.45) is 5.92 Å². The summed E-state index contributed by atoms with van der Waals surface area (Å²) in [5.41, 5.74) is 0. The van der Waals surface area contributed by atoms with Crippen molar-refractivity contribution in [3.05, 3.63) is 0 Å². The minimum atomic E-state index is -0.106. The van der Waals surface area contributed by atoms with Gasteiger partial charge in [-0.2, -0.15) is 0 Å². The van der Waals surface area contributed by atoms with Crippen LogP contribution >= 0.6 is 0 Å². The van der Waals surface area contributed by atoms with E-state index in [1.165, 1.54) is 32.8 Å². The van der Waals surface area contributed by atoms with E-state index in [1.807, 2.05) is 0 Å². The highest BCUT2D eigenvalue weighted by molar-refractivity contribution is 5.69. The standard InChI is InChI=1S/C12H23NO2/c1-10(11-6-3-4-7-11)13-9-5-8-12(14)15-2/h10-11,13H,3-9H2,1-2H3/t10-/m1/s1. The summed E-state index contributed by atoms with van der Waals surface area (Å²) in [6.45, 7) is 3.18. The first kappa shape index (κ1) is 12.5.